The number of aliphatic hydroxyl groups excluding tert-OH is 1. The van der Waals surface area contributed by atoms with Gasteiger partial charge in [-0.3, -0.25) is 9.59 Å². The van der Waals surface area contributed by atoms with Gasteiger partial charge in [-0.15, -0.1) is 0 Å². The molecule has 0 unspecified atom stereocenters. The van der Waals surface area contributed by atoms with E-state index in [0.717, 1.165) is 0 Å². The van der Waals surface area contributed by atoms with Gasteiger partial charge >= 0.3 is 0 Å². The van der Waals surface area contributed by atoms with Crippen molar-refractivity contribution in [2.75, 3.05) is 28.4 Å². The second kappa shape index (κ2) is 7.25. The Bertz CT molecular complexity index is 2010. The lowest BCUT2D eigenvalue weighted by molar-refractivity contribution is -0.0800. The SMILES string of the molecule is COc1c2c3c4c5c(c(=O)cc(OC)c5c5c(OC)cc(=O)c(c1O)c35)=C(O)[C@H](OC)[C@]41C[C@@](C)(O)[C@H]2[C@]1(C)O. The molecular weight excluding hydrogens is 520 g/mol. The van der Waals surface area contributed by atoms with Crippen LogP contribution in [0.4, 0.5) is 0 Å². The molecule has 3 aliphatic carbocycles. The number of methoxy groups -OCH3 is 4. The quantitative estimate of drug-likeness (QED) is 0.219. The predicted molar refractivity (Wildman–Crippen MR) is 146 cm³/mol. The predicted octanol–water partition coefficient (Wildman–Crippen LogP) is 1.69. The second-order valence-electron chi connectivity index (χ2n) is 11.5. The minimum absolute atomic E-state index is 0.0332. The Hall–Kier alpha value is -3.86. The molecule has 4 aromatic rings. The highest BCUT2D eigenvalue weighted by atomic mass is 16.5. The summed E-state index contributed by atoms with van der Waals surface area (Å²) in [5, 5.41) is 49.5. The number of hydrogen-bond donors (Lipinski definition) is 4. The first-order chi connectivity index (χ1) is 18.8. The molecule has 0 aliphatic heterocycles. The van der Waals surface area contributed by atoms with Gasteiger partial charge in [0.25, 0.3) is 0 Å². The molecule has 10 heteroatoms. The molecule has 5 atom stereocenters. The standard InChI is InChI=1S/C30H28O10/c1-28(35)9-30-22-19-15(24(34)27(30)40-6)11(32)8-13(38-4)17(19)16-12(37-3)7-10(31)14-18(16)20(22)21(25(39-5)23(14)33)26(28)29(30,2)36/h7-8,26-27,33-36H,9H2,1-6H3/t26-,27-,28+,29-,30-/m0/s1. The molecule has 40 heavy (non-hydrogen) atoms. The molecule has 0 aromatic heterocycles. The molecule has 0 radical (unpaired) electrons. The Kier molecular flexibility index (Phi) is 4.56. The number of phenols is 1. The zero-order chi connectivity index (χ0) is 28.8. The van der Waals surface area contributed by atoms with Crippen molar-refractivity contribution in [3.63, 3.8) is 0 Å². The van der Waals surface area contributed by atoms with Gasteiger partial charge in [-0.05, 0) is 31.2 Å². The number of hydrogen-bond acceptors (Lipinski definition) is 10. The van der Waals surface area contributed by atoms with E-state index in [2.05, 4.69) is 0 Å². The summed E-state index contributed by atoms with van der Waals surface area (Å²) in [6.45, 7) is 3.13. The van der Waals surface area contributed by atoms with Gasteiger partial charge in [-0.1, -0.05) is 0 Å². The molecule has 1 spiro atoms. The summed E-state index contributed by atoms with van der Waals surface area (Å²) in [5.41, 5.74) is -5.24. The van der Waals surface area contributed by atoms with Gasteiger partial charge in [0.2, 0.25) is 0 Å². The van der Waals surface area contributed by atoms with E-state index in [1.165, 1.54) is 40.6 Å². The first kappa shape index (κ1) is 25.1. The van der Waals surface area contributed by atoms with Crippen LogP contribution < -0.4 is 30.3 Å². The monoisotopic (exact) mass is 548 g/mol. The molecule has 0 heterocycles. The largest absolute Gasteiger partial charge is 0.509 e. The van der Waals surface area contributed by atoms with Crippen molar-refractivity contribution in [3.8, 4) is 23.0 Å². The Morgan fingerprint density at radius 2 is 1.40 bits per heavy atom. The van der Waals surface area contributed by atoms with Crippen LogP contribution in [0.1, 0.15) is 37.3 Å². The van der Waals surface area contributed by atoms with E-state index in [1.54, 1.807) is 13.8 Å². The van der Waals surface area contributed by atoms with E-state index in [0.29, 0.717) is 38.1 Å². The highest BCUT2D eigenvalue weighted by molar-refractivity contribution is 6.30. The summed E-state index contributed by atoms with van der Waals surface area (Å²) >= 11 is 0. The first-order valence-electron chi connectivity index (χ1n) is 12.8. The lowest BCUT2D eigenvalue weighted by atomic mass is 9.55. The molecule has 10 nitrogen and oxygen atoms in total. The zero-order valence-electron chi connectivity index (χ0n) is 22.8. The van der Waals surface area contributed by atoms with Crippen molar-refractivity contribution in [1.29, 1.82) is 0 Å². The molecule has 1 fully saturated rings. The number of fused-ring (bicyclic) bond motifs is 3. The number of ether oxygens (including phenoxy) is 4. The summed E-state index contributed by atoms with van der Waals surface area (Å²) in [4.78, 5) is 27.2. The van der Waals surface area contributed by atoms with Crippen molar-refractivity contribution in [2.45, 2.75) is 48.9 Å². The topological polar surface area (TPSA) is 152 Å². The van der Waals surface area contributed by atoms with Gasteiger partial charge in [-0.25, -0.2) is 0 Å². The lowest BCUT2D eigenvalue weighted by Gasteiger charge is -2.52. The van der Waals surface area contributed by atoms with Crippen LogP contribution in [-0.4, -0.2) is 66.2 Å². The third-order valence-corrected chi connectivity index (χ3v) is 9.77. The van der Waals surface area contributed by atoms with Crippen LogP contribution in [-0.2, 0) is 10.2 Å². The zero-order valence-corrected chi connectivity index (χ0v) is 22.8. The van der Waals surface area contributed by atoms with E-state index in [9.17, 15) is 30.0 Å². The Balaban J connectivity index is 2.01. The maximum absolute atomic E-state index is 13.6. The molecule has 3 aliphatic rings. The number of rotatable bonds is 4. The van der Waals surface area contributed by atoms with Crippen LogP contribution in [0.5, 0.6) is 23.0 Å². The van der Waals surface area contributed by atoms with Crippen LogP contribution in [0.25, 0.3) is 38.1 Å². The van der Waals surface area contributed by atoms with E-state index in [4.69, 9.17) is 18.9 Å². The van der Waals surface area contributed by atoms with Crippen molar-refractivity contribution in [3.05, 3.63) is 48.9 Å². The van der Waals surface area contributed by atoms with Crippen LogP contribution in [0.15, 0.2) is 21.7 Å². The van der Waals surface area contributed by atoms with Crippen LogP contribution >= 0.6 is 0 Å². The fourth-order valence-corrected chi connectivity index (χ4v) is 8.69. The van der Waals surface area contributed by atoms with Crippen molar-refractivity contribution in [1.82, 2.24) is 0 Å². The molecule has 4 N–H and O–H groups in total. The van der Waals surface area contributed by atoms with E-state index >= 15 is 0 Å². The van der Waals surface area contributed by atoms with Crippen LogP contribution in [0, 0.1) is 0 Å². The maximum Gasteiger partial charge on any atom is 0.194 e. The number of aliphatic hydroxyl groups is 3. The third kappa shape index (κ3) is 2.32. The van der Waals surface area contributed by atoms with E-state index < -0.39 is 45.2 Å². The van der Waals surface area contributed by atoms with Gasteiger partial charge in [0.15, 0.2) is 22.4 Å². The maximum atomic E-state index is 13.6. The lowest BCUT2D eigenvalue weighted by Crippen LogP contribution is -2.61. The third-order valence-electron chi connectivity index (χ3n) is 9.77. The van der Waals surface area contributed by atoms with Crippen LogP contribution in [0.2, 0.25) is 0 Å². The Morgan fingerprint density at radius 3 is 1.98 bits per heavy atom. The minimum Gasteiger partial charge on any atom is -0.509 e. The summed E-state index contributed by atoms with van der Waals surface area (Å²) < 4.78 is 22.9. The molecule has 2 bridgehead atoms. The number of phenolic OH excluding ortho intramolecular Hbond substituents is 1. The summed E-state index contributed by atoms with van der Waals surface area (Å²) in [6.07, 6.45) is -1.30. The summed E-state index contributed by atoms with van der Waals surface area (Å²) in [5.74, 6) is -1.60. The van der Waals surface area contributed by atoms with E-state index in [-0.39, 0.29) is 40.0 Å². The smallest absolute Gasteiger partial charge is 0.194 e. The highest BCUT2D eigenvalue weighted by Crippen LogP contribution is 2.71. The molecule has 0 amide bonds. The molecule has 208 valence electrons. The number of benzene rings is 4. The average molecular weight is 549 g/mol. The first-order valence-corrected chi connectivity index (χ1v) is 12.8. The Morgan fingerprint density at radius 1 is 0.800 bits per heavy atom. The fraction of sp³-hybridized carbons (Fsp3) is 0.400. The van der Waals surface area contributed by atoms with Gasteiger partial charge < -0.3 is 39.4 Å². The number of aromatic hydroxyl groups is 1. The molecule has 4 aromatic carbocycles. The fourth-order valence-electron chi connectivity index (χ4n) is 8.69. The van der Waals surface area contributed by atoms with Crippen molar-refractivity contribution in [2.24, 2.45) is 0 Å². The molecule has 0 saturated heterocycles. The molecule has 7 rings (SSSR count). The van der Waals surface area contributed by atoms with Gasteiger partial charge in [-0.2, -0.15) is 0 Å². The Labute approximate surface area is 226 Å². The van der Waals surface area contributed by atoms with E-state index in [1.807, 2.05) is 0 Å². The molecular formula is C30H28O10. The van der Waals surface area contributed by atoms with Gasteiger partial charge in [0.05, 0.1) is 48.6 Å². The highest BCUT2D eigenvalue weighted by Gasteiger charge is 2.74. The normalized spacial score (nSPS) is 30.1. The summed E-state index contributed by atoms with van der Waals surface area (Å²) in [6, 6.07) is 2.49. The van der Waals surface area contributed by atoms with Crippen molar-refractivity contribution < 1.29 is 39.4 Å². The van der Waals surface area contributed by atoms with Gasteiger partial charge in [0, 0.05) is 52.3 Å². The van der Waals surface area contributed by atoms with Crippen LogP contribution in [0.3, 0.4) is 0 Å². The molecule has 1 saturated carbocycles. The van der Waals surface area contributed by atoms with Crippen molar-refractivity contribution >= 4 is 38.1 Å². The van der Waals surface area contributed by atoms with Gasteiger partial charge in [0.1, 0.15) is 23.4 Å². The minimum atomic E-state index is -1.79. The summed E-state index contributed by atoms with van der Waals surface area (Å²) in [7, 11) is 5.50. The second-order valence-corrected chi connectivity index (χ2v) is 11.5. The average Bonchev–Trinajstić information content (AvgIpc) is 2.97.